The maximum absolute atomic E-state index is 12.8. The topological polar surface area (TPSA) is 59.3 Å². The number of rotatable bonds is 3. The maximum atomic E-state index is 12.8. The minimum absolute atomic E-state index is 0.0373. The summed E-state index contributed by atoms with van der Waals surface area (Å²) in [5, 5.41) is 2.97. The van der Waals surface area contributed by atoms with Crippen molar-refractivity contribution in [2.75, 3.05) is 5.32 Å². The number of nitrogens with one attached hydrogen (secondary N) is 1. The van der Waals surface area contributed by atoms with Crippen molar-refractivity contribution >= 4 is 34.2 Å². The predicted octanol–water partition coefficient (Wildman–Crippen LogP) is 6.38. The third kappa shape index (κ3) is 4.32. The molecular formula is C23H13ClF3NO3. The van der Waals surface area contributed by atoms with E-state index in [-0.39, 0.29) is 21.8 Å². The lowest BCUT2D eigenvalue weighted by Crippen LogP contribution is -2.13. The highest BCUT2D eigenvalue weighted by Crippen LogP contribution is 2.34. The quantitative estimate of drug-likeness (QED) is 0.373. The molecule has 0 saturated carbocycles. The van der Waals surface area contributed by atoms with Gasteiger partial charge in [-0.05, 0) is 48.0 Å². The monoisotopic (exact) mass is 443 g/mol. The van der Waals surface area contributed by atoms with Gasteiger partial charge >= 0.3 is 11.8 Å². The summed E-state index contributed by atoms with van der Waals surface area (Å²) >= 11 is 5.90. The van der Waals surface area contributed by atoms with Gasteiger partial charge < -0.3 is 9.73 Å². The molecule has 0 aliphatic heterocycles. The minimum Gasteiger partial charge on any atom is -0.422 e. The minimum atomic E-state index is -4.54. The van der Waals surface area contributed by atoms with Gasteiger partial charge in [0.2, 0.25) is 0 Å². The molecule has 1 heterocycles. The fraction of sp³-hybridized carbons (Fsp3) is 0.0435. The Morgan fingerprint density at radius 1 is 0.935 bits per heavy atom. The van der Waals surface area contributed by atoms with Crippen molar-refractivity contribution in [2.45, 2.75) is 6.18 Å². The van der Waals surface area contributed by atoms with E-state index in [1.165, 1.54) is 12.1 Å². The lowest BCUT2D eigenvalue weighted by Gasteiger charge is -2.11. The number of amides is 1. The summed E-state index contributed by atoms with van der Waals surface area (Å²) < 4.78 is 43.7. The average molecular weight is 444 g/mol. The highest BCUT2D eigenvalue weighted by molar-refractivity contribution is 6.34. The van der Waals surface area contributed by atoms with E-state index in [4.69, 9.17) is 16.0 Å². The van der Waals surface area contributed by atoms with Gasteiger partial charge in [-0.15, -0.1) is 0 Å². The third-order valence-corrected chi connectivity index (χ3v) is 4.93. The second-order valence-corrected chi connectivity index (χ2v) is 7.12. The van der Waals surface area contributed by atoms with Crippen LogP contribution in [0.3, 0.4) is 0 Å². The molecule has 4 aromatic rings. The number of hydrogen-bond acceptors (Lipinski definition) is 3. The molecule has 31 heavy (non-hydrogen) atoms. The molecule has 0 aliphatic carbocycles. The lowest BCUT2D eigenvalue weighted by molar-refractivity contribution is -0.137. The summed E-state index contributed by atoms with van der Waals surface area (Å²) in [6, 6.07) is 17.6. The Morgan fingerprint density at radius 3 is 2.45 bits per heavy atom. The molecule has 4 rings (SSSR count). The Kier molecular flexibility index (Phi) is 5.29. The van der Waals surface area contributed by atoms with Gasteiger partial charge in [0.05, 0.1) is 21.8 Å². The molecule has 0 atom stereocenters. The molecule has 1 aromatic heterocycles. The Balaban J connectivity index is 1.64. The van der Waals surface area contributed by atoms with Gasteiger partial charge in [0, 0.05) is 10.9 Å². The van der Waals surface area contributed by atoms with Crippen LogP contribution in [0.4, 0.5) is 18.9 Å². The molecule has 8 heteroatoms. The zero-order valence-electron chi connectivity index (χ0n) is 15.7. The number of hydrogen-bond donors (Lipinski definition) is 1. The van der Waals surface area contributed by atoms with Gasteiger partial charge in [-0.3, -0.25) is 4.79 Å². The van der Waals surface area contributed by atoms with Crippen LogP contribution in [-0.2, 0) is 6.18 Å². The van der Waals surface area contributed by atoms with Crippen LogP contribution in [-0.4, -0.2) is 5.91 Å². The van der Waals surface area contributed by atoms with Crippen LogP contribution in [0, 0.1) is 0 Å². The number of carbonyl (C=O) groups is 1. The summed E-state index contributed by atoms with van der Waals surface area (Å²) in [5.41, 5.74) is -0.0486. The molecule has 0 bridgehead atoms. The van der Waals surface area contributed by atoms with Crippen LogP contribution in [0.2, 0.25) is 5.02 Å². The first-order valence-corrected chi connectivity index (χ1v) is 9.41. The first-order chi connectivity index (χ1) is 14.7. The molecule has 0 spiro atoms. The van der Waals surface area contributed by atoms with Crippen molar-refractivity contribution < 1.29 is 22.4 Å². The smallest absolute Gasteiger partial charge is 0.416 e. The summed E-state index contributed by atoms with van der Waals surface area (Å²) in [6.45, 7) is 0. The molecule has 0 radical (unpaired) electrons. The van der Waals surface area contributed by atoms with E-state index in [1.807, 2.05) is 6.07 Å². The summed E-state index contributed by atoms with van der Waals surface area (Å²) in [4.78, 5) is 25.0. The third-order valence-electron chi connectivity index (χ3n) is 4.62. The maximum Gasteiger partial charge on any atom is 0.416 e. The fourth-order valence-electron chi connectivity index (χ4n) is 3.08. The highest BCUT2D eigenvalue weighted by atomic mass is 35.5. The van der Waals surface area contributed by atoms with Gasteiger partial charge in [-0.2, -0.15) is 13.2 Å². The number of fused-ring (bicyclic) bond motifs is 1. The molecule has 0 aliphatic rings. The predicted molar refractivity (Wildman–Crippen MR) is 112 cm³/mol. The Labute approximate surface area is 178 Å². The van der Waals surface area contributed by atoms with Crippen LogP contribution >= 0.6 is 11.6 Å². The van der Waals surface area contributed by atoms with Crippen molar-refractivity contribution in [3.8, 4) is 11.1 Å². The van der Waals surface area contributed by atoms with Gasteiger partial charge in [0.25, 0.3) is 5.91 Å². The van der Waals surface area contributed by atoms with Crippen LogP contribution in [0.5, 0.6) is 0 Å². The van der Waals surface area contributed by atoms with Crippen LogP contribution in [0.1, 0.15) is 15.9 Å². The number of anilines is 1. The molecule has 156 valence electrons. The highest BCUT2D eigenvalue weighted by Gasteiger charge is 2.31. The van der Waals surface area contributed by atoms with Gasteiger partial charge in [0.15, 0.2) is 0 Å². The molecule has 1 N–H and O–H groups in total. The van der Waals surface area contributed by atoms with Crippen molar-refractivity contribution in [3.63, 3.8) is 0 Å². The largest absolute Gasteiger partial charge is 0.422 e. The summed E-state index contributed by atoms with van der Waals surface area (Å²) in [5.74, 6) is -0.589. The van der Waals surface area contributed by atoms with E-state index in [0.29, 0.717) is 11.1 Å². The summed E-state index contributed by atoms with van der Waals surface area (Å²) in [6.07, 6.45) is -4.54. The van der Waals surface area contributed by atoms with E-state index in [1.54, 1.807) is 36.4 Å². The van der Waals surface area contributed by atoms with Gasteiger partial charge in [-0.1, -0.05) is 41.9 Å². The first kappa shape index (κ1) is 20.7. The van der Waals surface area contributed by atoms with Crippen molar-refractivity contribution in [1.29, 1.82) is 0 Å². The van der Waals surface area contributed by atoms with E-state index in [9.17, 15) is 22.8 Å². The van der Waals surface area contributed by atoms with Crippen LogP contribution in [0.15, 0.2) is 82.0 Å². The van der Waals surface area contributed by atoms with Crippen molar-refractivity contribution in [1.82, 2.24) is 0 Å². The van der Waals surface area contributed by atoms with Crippen molar-refractivity contribution in [2.24, 2.45) is 0 Å². The Morgan fingerprint density at radius 2 is 1.71 bits per heavy atom. The molecule has 0 saturated heterocycles. The molecule has 4 nitrogen and oxygen atoms in total. The molecule has 0 fully saturated rings. The number of benzene rings is 3. The number of para-hydroxylation sites is 1. The van der Waals surface area contributed by atoms with E-state index < -0.39 is 23.3 Å². The molecular weight excluding hydrogens is 431 g/mol. The fourth-order valence-corrected chi connectivity index (χ4v) is 3.31. The number of alkyl halides is 3. The van der Waals surface area contributed by atoms with E-state index in [0.717, 1.165) is 23.6 Å². The van der Waals surface area contributed by atoms with Crippen molar-refractivity contribution in [3.05, 3.63) is 99.4 Å². The average Bonchev–Trinajstić information content (AvgIpc) is 2.74. The lowest BCUT2D eigenvalue weighted by atomic mass is 10.0. The second kappa shape index (κ2) is 7.92. The molecule has 0 unspecified atom stereocenters. The zero-order valence-corrected chi connectivity index (χ0v) is 16.4. The number of carbonyl (C=O) groups excluding carboxylic acids is 1. The SMILES string of the molecule is O=C(Nc1ccc(C(F)(F)F)cc1Cl)c1cccc(-c2cc3ccccc3oc2=O)c1. The normalized spacial score (nSPS) is 11.5. The van der Waals surface area contributed by atoms with Crippen LogP contribution < -0.4 is 10.9 Å². The van der Waals surface area contributed by atoms with E-state index in [2.05, 4.69) is 5.32 Å². The second-order valence-electron chi connectivity index (χ2n) is 6.71. The Hall–Kier alpha value is -3.58. The first-order valence-electron chi connectivity index (χ1n) is 9.04. The summed E-state index contributed by atoms with van der Waals surface area (Å²) in [7, 11) is 0. The van der Waals surface area contributed by atoms with E-state index >= 15 is 0 Å². The number of halogens is 4. The zero-order chi connectivity index (χ0) is 22.2. The van der Waals surface area contributed by atoms with Gasteiger partial charge in [-0.25, -0.2) is 4.79 Å². The molecule has 3 aromatic carbocycles. The van der Waals surface area contributed by atoms with Crippen LogP contribution in [0.25, 0.3) is 22.1 Å². The molecule has 1 amide bonds. The standard InChI is InChI=1S/C23H13ClF3NO3/c24-18-12-16(23(25,26)27)8-9-19(18)28-21(29)15-6-3-5-13(10-15)17-11-14-4-1-2-7-20(14)31-22(17)30/h1-12H,(H,28,29). The Bertz CT molecular complexity index is 1360. The van der Waals surface area contributed by atoms with Gasteiger partial charge in [0.1, 0.15) is 5.58 Å².